The van der Waals surface area contributed by atoms with E-state index in [4.69, 9.17) is 4.74 Å². The van der Waals surface area contributed by atoms with Crippen molar-refractivity contribution in [3.8, 4) is 11.5 Å². The van der Waals surface area contributed by atoms with Crippen molar-refractivity contribution in [3.05, 3.63) is 89.0 Å². The summed E-state index contributed by atoms with van der Waals surface area (Å²) < 4.78 is 19.4. The highest BCUT2D eigenvalue weighted by Gasteiger charge is 2.30. The summed E-state index contributed by atoms with van der Waals surface area (Å²) in [6.45, 7) is 0.961. The third kappa shape index (κ3) is 5.12. The van der Waals surface area contributed by atoms with Gasteiger partial charge in [0.2, 0.25) is 0 Å². The minimum absolute atomic E-state index is 0.0917. The predicted octanol–water partition coefficient (Wildman–Crippen LogP) is 1.67. The first kappa shape index (κ1) is 23.8. The summed E-state index contributed by atoms with van der Waals surface area (Å²) in [6.07, 6.45) is 3.05. The largest absolute Gasteiger partial charge is 0.507 e. The molecule has 35 heavy (non-hydrogen) atoms. The maximum Gasteiger partial charge on any atom is 0.251 e. The number of ether oxygens (including phenoxy) is 1. The predicted molar refractivity (Wildman–Crippen MR) is 124 cm³/mol. The first-order valence-corrected chi connectivity index (χ1v) is 10.8. The molecule has 1 saturated heterocycles. The lowest BCUT2D eigenvalue weighted by Gasteiger charge is -2.21. The van der Waals surface area contributed by atoms with Crippen LogP contribution < -0.4 is 20.7 Å². The van der Waals surface area contributed by atoms with Crippen molar-refractivity contribution in [1.29, 1.82) is 0 Å². The van der Waals surface area contributed by atoms with Gasteiger partial charge in [0, 0.05) is 42.2 Å². The fraction of sp³-hybridized carbons (Fsp3) is 0.200. The average Bonchev–Trinajstić information content (AvgIpc) is 3.30. The smallest absolute Gasteiger partial charge is 0.251 e. The molecule has 0 bridgehead atoms. The van der Waals surface area contributed by atoms with Crippen LogP contribution in [0.15, 0.2) is 60.9 Å². The molecule has 1 aromatic heterocycles. The molecule has 0 radical (unpaired) electrons. The molecule has 0 unspecified atom stereocenters. The summed E-state index contributed by atoms with van der Waals surface area (Å²) in [4.78, 5) is 41.9. The maximum absolute atomic E-state index is 14.5. The van der Waals surface area contributed by atoms with Gasteiger partial charge >= 0.3 is 0 Å². The van der Waals surface area contributed by atoms with Crippen molar-refractivity contribution < 1.29 is 28.6 Å². The number of aromatic nitrogens is 1. The SMILES string of the molecule is COc1ccc(O)c(C(=O)c2ccc(C(=O)N[C@H]3CNC[C@@H]3NC(=O)c3ccncc3)cc2)c1F. The molecule has 10 heteroatoms. The van der Waals surface area contributed by atoms with Crippen molar-refractivity contribution in [2.24, 2.45) is 0 Å². The number of ketones is 1. The van der Waals surface area contributed by atoms with Gasteiger partial charge in [-0.2, -0.15) is 0 Å². The molecular formula is C25H23FN4O5. The normalized spacial score (nSPS) is 17.0. The number of rotatable bonds is 7. The van der Waals surface area contributed by atoms with Gasteiger partial charge in [0.25, 0.3) is 11.8 Å². The Morgan fingerprint density at radius 1 is 0.914 bits per heavy atom. The first-order valence-electron chi connectivity index (χ1n) is 10.8. The van der Waals surface area contributed by atoms with Gasteiger partial charge in [0.1, 0.15) is 11.3 Å². The topological polar surface area (TPSA) is 130 Å². The number of methoxy groups -OCH3 is 1. The maximum atomic E-state index is 14.5. The third-order valence-corrected chi connectivity index (χ3v) is 5.73. The lowest BCUT2D eigenvalue weighted by atomic mass is 10.00. The number of carbonyl (C=O) groups excluding carboxylic acids is 3. The number of pyridine rings is 1. The Kier molecular flexibility index (Phi) is 7.02. The van der Waals surface area contributed by atoms with Crippen LogP contribution in [0.2, 0.25) is 0 Å². The lowest BCUT2D eigenvalue weighted by Crippen LogP contribution is -2.51. The van der Waals surface area contributed by atoms with Crippen LogP contribution in [-0.4, -0.2) is 60.0 Å². The number of amides is 2. The molecule has 0 aliphatic carbocycles. The Hall–Kier alpha value is -4.31. The van der Waals surface area contributed by atoms with Gasteiger partial charge in [-0.1, -0.05) is 12.1 Å². The highest BCUT2D eigenvalue weighted by Crippen LogP contribution is 2.30. The molecular weight excluding hydrogens is 455 g/mol. The van der Waals surface area contributed by atoms with Crippen LogP contribution in [0.3, 0.4) is 0 Å². The van der Waals surface area contributed by atoms with Crippen LogP contribution in [0.4, 0.5) is 4.39 Å². The van der Waals surface area contributed by atoms with Crippen LogP contribution in [0, 0.1) is 5.82 Å². The van der Waals surface area contributed by atoms with E-state index in [-0.39, 0.29) is 34.9 Å². The first-order chi connectivity index (χ1) is 16.9. The van der Waals surface area contributed by atoms with Crippen LogP contribution in [0.5, 0.6) is 11.5 Å². The third-order valence-electron chi connectivity index (χ3n) is 5.73. The number of phenolic OH excluding ortho intramolecular Hbond substituents is 1. The van der Waals surface area contributed by atoms with E-state index in [9.17, 15) is 23.9 Å². The Balaban J connectivity index is 1.43. The van der Waals surface area contributed by atoms with Crippen LogP contribution >= 0.6 is 0 Å². The van der Waals surface area contributed by atoms with Gasteiger partial charge in [-0.3, -0.25) is 19.4 Å². The fourth-order valence-electron chi connectivity index (χ4n) is 3.83. The molecule has 2 heterocycles. The average molecular weight is 478 g/mol. The van der Waals surface area contributed by atoms with Crippen LogP contribution in [0.1, 0.15) is 36.6 Å². The Labute approximate surface area is 200 Å². The van der Waals surface area contributed by atoms with E-state index >= 15 is 0 Å². The van der Waals surface area contributed by atoms with Gasteiger partial charge in [-0.05, 0) is 36.4 Å². The van der Waals surface area contributed by atoms with E-state index in [2.05, 4.69) is 20.9 Å². The zero-order chi connectivity index (χ0) is 24.9. The minimum atomic E-state index is -0.965. The van der Waals surface area contributed by atoms with Gasteiger partial charge in [0.15, 0.2) is 17.3 Å². The molecule has 1 fully saturated rings. The fourth-order valence-corrected chi connectivity index (χ4v) is 3.83. The number of hydrogen-bond acceptors (Lipinski definition) is 7. The van der Waals surface area contributed by atoms with Crippen LogP contribution in [0.25, 0.3) is 0 Å². The molecule has 9 nitrogen and oxygen atoms in total. The summed E-state index contributed by atoms with van der Waals surface area (Å²) in [6, 6.07) is 10.6. The van der Waals surface area contributed by atoms with Gasteiger partial charge in [-0.15, -0.1) is 0 Å². The highest BCUT2D eigenvalue weighted by molar-refractivity contribution is 6.11. The number of hydrogen-bond donors (Lipinski definition) is 4. The summed E-state index contributed by atoms with van der Waals surface area (Å²) in [5, 5.41) is 18.9. The van der Waals surface area contributed by atoms with E-state index in [1.165, 1.54) is 55.9 Å². The van der Waals surface area contributed by atoms with E-state index < -0.39 is 28.8 Å². The summed E-state index contributed by atoms with van der Waals surface area (Å²) in [7, 11) is 1.26. The van der Waals surface area contributed by atoms with Crippen LogP contribution in [-0.2, 0) is 0 Å². The number of aromatic hydroxyl groups is 1. The van der Waals surface area contributed by atoms with Crippen molar-refractivity contribution in [2.45, 2.75) is 12.1 Å². The number of nitrogens with zero attached hydrogens (tertiary/aromatic N) is 1. The van der Waals surface area contributed by atoms with Crippen molar-refractivity contribution in [3.63, 3.8) is 0 Å². The van der Waals surface area contributed by atoms with Crippen molar-refractivity contribution in [2.75, 3.05) is 20.2 Å². The van der Waals surface area contributed by atoms with E-state index in [0.717, 1.165) is 0 Å². The monoisotopic (exact) mass is 478 g/mol. The second kappa shape index (κ2) is 10.3. The number of carbonyl (C=O) groups is 3. The molecule has 4 N–H and O–H groups in total. The molecule has 2 amide bonds. The van der Waals surface area contributed by atoms with E-state index in [1.807, 2.05) is 0 Å². The molecule has 2 atom stereocenters. The van der Waals surface area contributed by atoms with Crippen molar-refractivity contribution in [1.82, 2.24) is 20.9 Å². The lowest BCUT2D eigenvalue weighted by molar-refractivity contribution is 0.0896. The summed E-state index contributed by atoms with van der Waals surface area (Å²) >= 11 is 0. The zero-order valence-electron chi connectivity index (χ0n) is 18.7. The van der Waals surface area contributed by atoms with Gasteiger partial charge < -0.3 is 25.8 Å². The van der Waals surface area contributed by atoms with Gasteiger partial charge in [0.05, 0.1) is 19.2 Å². The van der Waals surface area contributed by atoms with E-state index in [1.54, 1.807) is 12.1 Å². The molecule has 4 rings (SSSR count). The second-order valence-electron chi connectivity index (χ2n) is 7.94. The summed E-state index contributed by atoms with van der Waals surface area (Å²) in [5.41, 5.74) is 0.333. The minimum Gasteiger partial charge on any atom is -0.507 e. The van der Waals surface area contributed by atoms with Crippen molar-refractivity contribution >= 4 is 17.6 Å². The van der Waals surface area contributed by atoms with Gasteiger partial charge in [-0.25, -0.2) is 4.39 Å². The number of benzene rings is 2. The Bertz CT molecular complexity index is 1250. The van der Waals surface area contributed by atoms with E-state index in [0.29, 0.717) is 18.7 Å². The molecule has 0 spiro atoms. The standard InChI is InChI=1S/C25H23FN4O5/c1-35-20-7-6-19(31)21(22(20)26)23(32)14-2-4-15(5-3-14)24(33)29-17-12-28-13-18(17)30-25(34)16-8-10-27-11-9-16/h2-11,17-18,28,31H,12-13H2,1H3,(H,29,33)(H,30,34)/t17-,18-/m0/s1. The highest BCUT2D eigenvalue weighted by atomic mass is 19.1. The quantitative estimate of drug-likeness (QED) is 0.380. The molecule has 180 valence electrons. The molecule has 0 saturated carbocycles. The summed E-state index contributed by atoms with van der Waals surface area (Å²) in [5.74, 6) is -3.05. The zero-order valence-corrected chi connectivity index (χ0v) is 18.7. The number of phenols is 1. The Morgan fingerprint density at radius 3 is 2.03 bits per heavy atom. The Morgan fingerprint density at radius 2 is 1.46 bits per heavy atom. The number of nitrogens with one attached hydrogen (secondary N) is 3. The molecule has 1 aliphatic rings. The molecule has 3 aromatic rings. The number of halogens is 1. The molecule has 2 aromatic carbocycles. The molecule has 1 aliphatic heterocycles. The second-order valence-corrected chi connectivity index (χ2v) is 7.94.